The van der Waals surface area contributed by atoms with Crippen molar-refractivity contribution < 1.29 is 14.6 Å². The average molecular weight is 234 g/mol. The number of carbonyl (C=O) groups is 1. The van der Waals surface area contributed by atoms with E-state index in [2.05, 4.69) is 0 Å². The van der Waals surface area contributed by atoms with E-state index in [0.717, 1.165) is 25.7 Å². The number of benzene rings is 1. The van der Waals surface area contributed by atoms with Crippen molar-refractivity contribution in [3.63, 3.8) is 0 Å². The van der Waals surface area contributed by atoms with Crippen LogP contribution in [0.5, 0.6) is 5.75 Å². The zero-order chi connectivity index (χ0) is 12.3. The third-order valence-corrected chi connectivity index (χ3v) is 3.37. The molecule has 0 atom stereocenters. The summed E-state index contributed by atoms with van der Waals surface area (Å²) in [6, 6.07) is 7.42. The predicted octanol–water partition coefficient (Wildman–Crippen LogP) is 2.98. The van der Waals surface area contributed by atoms with Crippen LogP contribution in [0, 0.1) is 0 Å². The van der Waals surface area contributed by atoms with Crippen LogP contribution in [-0.2, 0) is 9.53 Å². The second kappa shape index (κ2) is 5.21. The van der Waals surface area contributed by atoms with Crippen molar-refractivity contribution >= 4 is 5.97 Å². The molecular formula is C14H18O3. The first-order valence-electron chi connectivity index (χ1n) is 6.11. The van der Waals surface area contributed by atoms with E-state index in [1.807, 2.05) is 12.1 Å². The van der Waals surface area contributed by atoms with Crippen molar-refractivity contribution in [2.45, 2.75) is 44.6 Å². The van der Waals surface area contributed by atoms with Gasteiger partial charge in [0.05, 0.1) is 0 Å². The Balaban J connectivity index is 1.90. The van der Waals surface area contributed by atoms with E-state index in [9.17, 15) is 9.90 Å². The molecule has 0 bridgehead atoms. The van der Waals surface area contributed by atoms with Gasteiger partial charge in [0.15, 0.2) is 0 Å². The van der Waals surface area contributed by atoms with Crippen molar-refractivity contribution in [3.05, 3.63) is 29.8 Å². The van der Waals surface area contributed by atoms with Crippen LogP contribution in [0.3, 0.4) is 0 Å². The molecule has 1 fully saturated rings. The molecule has 1 aromatic carbocycles. The largest absolute Gasteiger partial charge is 0.508 e. The van der Waals surface area contributed by atoms with Crippen molar-refractivity contribution in [1.29, 1.82) is 0 Å². The lowest BCUT2D eigenvalue weighted by atomic mass is 9.83. The lowest BCUT2D eigenvalue weighted by Crippen LogP contribution is -2.22. The highest BCUT2D eigenvalue weighted by atomic mass is 16.5. The van der Waals surface area contributed by atoms with Gasteiger partial charge in [0.1, 0.15) is 11.9 Å². The fraction of sp³-hybridized carbons (Fsp3) is 0.500. The van der Waals surface area contributed by atoms with Gasteiger partial charge >= 0.3 is 5.97 Å². The molecule has 0 aliphatic heterocycles. The van der Waals surface area contributed by atoms with Crippen LogP contribution in [0.4, 0.5) is 0 Å². The molecule has 1 aliphatic rings. The van der Waals surface area contributed by atoms with Gasteiger partial charge in [0.25, 0.3) is 0 Å². The molecule has 1 aromatic rings. The number of rotatable bonds is 2. The van der Waals surface area contributed by atoms with E-state index in [1.165, 1.54) is 12.5 Å². The highest BCUT2D eigenvalue weighted by molar-refractivity contribution is 5.66. The maximum atomic E-state index is 10.9. The molecule has 1 saturated carbocycles. The van der Waals surface area contributed by atoms with E-state index in [-0.39, 0.29) is 12.1 Å². The Hall–Kier alpha value is -1.51. The number of hydrogen-bond donors (Lipinski definition) is 1. The van der Waals surface area contributed by atoms with Crippen LogP contribution in [0.1, 0.15) is 44.1 Å². The molecule has 0 radical (unpaired) electrons. The predicted molar refractivity (Wildman–Crippen MR) is 64.9 cm³/mol. The maximum absolute atomic E-state index is 10.9. The summed E-state index contributed by atoms with van der Waals surface area (Å²) in [6.07, 6.45) is 4.06. The number of esters is 1. The summed E-state index contributed by atoms with van der Waals surface area (Å²) in [5.74, 6) is 0.655. The quantitative estimate of drug-likeness (QED) is 0.800. The summed E-state index contributed by atoms with van der Waals surface area (Å²) in [5, 5.41) is 9.24. The molecule has 0 saturated heterocycles. The van der Waals surface area contributed by atoms with E-state index in [1.54, 1.807) is 12.1 Å². The number of phenolic OH excluding ortho intramolecular Hbond substituents is 1. The summed E-state index contributed by atoms with van der Waals surface area (Å²) in [4.78, 5) is 10.9. The third-order valence-electron chi connectivity index (χ3n) is 3.37. The molecule has 3 nitrogen and oxygen atoms in total. The second-order valence-electron chi connectivity index (χ2n) is 4.67. The number of ether oxygens (including phenoxy) is 1. The summed E-state index contributed by atoms with van der Waals surface area (Å²) < 4.78 is 5.22. The third kappa shape index (κ3) is 3.22. The maximum Gasteiger partial charge on any atom is 0.302 e. The van der Waals surface area contributed by atoms with Crippen LogP contribution >= 0.6 is 0 Å². The number of aromatic hydroxyl groups is 1. The molecule has 1 N–H and O–H groups in total. The molecule has 0 amide bonds. The molecular weight excluding hydrogens is 216 g/mol. The highest BCUT2D eigenvalue weighted by Crippen LogP contribution is 2.34. The molecule has 0 spiro atoms. The Kier molecular flexibility index (Phi) is 3.67. The SMILES string of the molecule is CC(=O)O[C@H]1CC[C@H](c2ccc(O)cc2)CC1. The molecule has 0 heterocycles. The topological polar surface area (TPSA) is 46.5 Å². The minimum Gasteiger partial charge on any atom is -0.508 e. The Morgan fingerprint density at radius 2 is 1.76 bits per heavy atom. The number of hydrogen-bond acceptors (Lipinski definition) is 3. The minimum absolute atomic E-state index is 0.0980. The lowest BCUT2D eigenvalue weighted by molar-refractivity contribution is -0.147. The van der Waals surface area contributed by atoms with Crippen molar-refractivity contribution in [1.82, 2.24) is 0 Å². The van der Waals surface area contributed by atoms with E-state index >= 15 is 0 Å². The zero-order valence-corrected chi connectivity index (χ0v) is 10.1. The van der Waals surface area contributed by atoms with Crippen molar-refractivity contribution in [3.8, 4) is 5.75 Å². The van der Waals surface area contributed by atoms with Gasteiger partial charge in [-0.15, -0.1) is 0 Å². The van der Waals surface area contributed by atoms with Crippen LogP contribution in [0.2, 0.25) is 0 Å². The summed E-state index contributed by atoms with van der Waals surface area (Å²) in [5.41, 5.74) is 1.27. The summed E-state index contributed by atoms with van der Waals surface area (Å²) >= 11 is 0. The summed E-state index contributed by atoms with van der Waals surface area (Å²) in [6.45, 7) is 1.46. The lowest BCUT2D eigenvalue weighted by Gasteiger charge is -2.28. The highest BCUT2D eigenvalue weighted by Gasteiger charge is 2.23. The fourth-order valence-corrected chi connectivity index (χ4v) is 2.50. The number of phenols is 1. The molecule has 0 unspecified atom stereocenters. The summed E-state index contributed by atoms with van der Waals surface area (Å²) in [7, 11) is 0. The second-order valence-corrected chi connectivity index (χ2v) is 4.67. The van der Waals surface area contributed by atoms with Gasteiger partial charge in [0, 0.05) is 6.92 Å². The smallest absolute Gasteiger partial charge is 0.302 e. The van der Waals surface area contributed by atoms with Gasteiger partial charge in [-0.3, -0.25) is 4.79 Å². The van der Waals surface area contributed by atoms with Gasteiger partial charge in [-0.25, -0.2) is 0 Å². The van der Waals surface area contributed by atoms with Crippen LogP contribution in [0.15, 0.2) is 24.3 Å². The van der Waals surface area contributed by atoms with E-state index in [0.29, 0.717) is 11.7 Å². The molecule has 0 aromatic heterocycles. The molecule has 1 aliphatic carbocycles. The van der Waals surface area contributed by atoms with Crippen LogP contribution < -0.4 is 0 Å². The Bertz CT molecular complexity index is 375. The van der Waals surface area contributed by atoms with Gasteiger partial charge < -0.3 is 9.84 Å². The Morgan fingerprint density at radius 3 is 2.29 bits per heavy atom. The molecule has 3 heteroatoms. The monoisotopic (exact) mass is 234 g/mol. The van der Waals surface area contributed by atoms with E-state index in [4.69, 9.17) is 4.74 Å². The molecule has 92 valence electrons. The van der Waals surface area contributed by atoms with Gasteiger partial charge in [-0.05, 0) is 49.3 Å². The average Bonchev–Trinajstić information content (AvgIpc) is 2.30. The Morgan fingerprint density at radius 1 is 1.18 bits per heavy atom. The first kappa shape index (κ1) is 12.0. The van der Waals surface area contributed by atoms with Crippen LogP contribution in [0.25, 0.3) is 0 Å². The number of carbonyl (C=O) groups excluding carboxylic acids is 1. The minimum atomic E-state index is -0.182. The zero-order valence-electron chi connectivity index (χ0n) is 10.1. The van der Waals surface area contributed by atoms with Crippen molar-refractivity contribution in [2.75, 3.05) is 0 Å². The fourth-order valence-electron chi connectivity index (χ4n) is 2.50. The molecule has 17 heavy (non-hydrogen) atoms. The molecule has 2 rings (SSSR count). The van der Waals surface area contributed by atoms with Gasteiger partial charge in [0.2, 0.25) is 0 Å². The van der Waals surface area contributed by atoms with E-state index < -0.39 is 0 Å². The Labute approximate surface area is 101 Å². The normalized spacial score (nSPS) is 24.3. The van der Waals surface area contributed by atoms with Crippen molar-refractivity contribution in [2.24, 2.45) is 0 Å². The van der Waals surface area contributed by atoms with Gasteiger partial charge in [-0.1, -0.05) is 12.1 Å². The standard InChI is InChI=1S/C14H18O3/c1-10(15)17-14-8-4-12(5-9-14)11-2-6-13(16)7-3-11/h2-3,6-7,12,14,16H,4-5,8-9H2,1H3/t12-,14-. The first-order chi connectivity index (χ1) is 8.15. The van der Waals surface area contributed by atoms with Crippen LogP contribution in [-0.4, -0.2) is 17.2 Å². The first-order valence-corrected chi connectivity index (χ1v) is 6.11. The van der Waals surface area contributed by atoms with Gasteiger partial charge in [-0.2, -0.15) is 0 Å².